The van der Waals surface area contributed by atoms with Gasteiger partial charge in [-0.1, -0.05) is 0 Å². The third-order valence-electron chi connectivity index (χ3n) is 3.11. The summed E-state index contributed by atoms with van der Waals surface area (Å²) in [4.78, 5) is 14.0. The average molecular weight is 271 g/mol. The van der Waals surface area contributed by atoms with E-state index in [4.69, 9.17) is 4.42 Å². The number of piperidine rings is 1. The standard InChI is InChI=1S/C10H11BrN2O2/c11-9-2-1-8(15-9)10(14)13-6-3-7(13)5-12-4-6/h1-2,6-7,12H,3-5H2. The fraction of sp³-hybridized carbons (Fsp3) is 0.500. The summed E-state index contributed by atoms with van der Waals surface area (Å²) in [5.74, 6) is 0.446. The lowest BCUT2D eigenvalue weighted by Gasteiger charge is -2.52. The molecule has 80 valence electrons. The topological polar surface area (TPSA) is 45.5 Å². The molecule has 1 aromatic rings. The average Bonchev–Trinajstić information content (AvgIpc) is 2.66. The first kappa shape index (κ1) is 9.42. The zero-order valence-electron chi connectivity index (χ0n) is 8.07. The Hall–Kier alpha value is -0.810. The van der Waals surface area contributed by atoms with E-state index in [0.717, 1.165) is 19.5 Å². The molecule has 3 heterocycles. The van der Waals surface area contributed by atoms with E-state index in [1.165, 1.54) is 0 Å². The molecule has 4 nitrogen and oxygen atoms in total. The van der Waals surface area contributed by atoms with Crippen LogP contribution in [0.15, 0.2) is 21.2 Å². The third-order valence-corrected chi connectivity index (χ3v) is 3.54. The molecular formula is C10H11BrN2O2. The molecule has 15 heavy (non-hydrogen) atoms. The van der Waals surface area contributed by atoms with Gasteiger partial charge in [0.05, 0.1) is 0 Å². The number of piperazine rings is 1. The maximum atomic E-state index is 12.0. The number of carbonyl (C=O) groups is 1. The molecule has 0 saturated carbocycles. The third kappa shape index (κ3) is 1.41. The van der Waals surface area contributed by atoms with Gasteiger partial charge in [0, 0.05) is 25.2 Å². The first-order valence-corrected chi connectivity index (χ1v) is 5.84. The molecule has 2 aliphatic heterocycles. The molecule has 5 heteroatoms. The first-order chi connectivity index (χ1) is 7.25. The van der Waals surface area contributed by atoms with Gasteiger partial charge in [0.2, 0.25) is 0 Å². The Morgan fingerprint density at radius 1 is 1.47 bits per heavy atom. The lowest BCUT2D eigenvalue weighted by Crippen LogP contribution is -2.69. The fourth-order valence-corrected chi connectivity index (χ4v) is 2.68. The number of nitrogens with one attached hydrogen (secondary N) is 1. The quantitative estimate of drug-likeness (QED) is 0.835. The van der Waals surface area contributed by atoms with E-state index >= 15 is 0 Å². The van der Waals surface area contributed by atoms with Crippen molar-refractivity contribution in [2.24, 2.45) is 0 Å². The first-order valence-electron chi connectivity index (χ1n) is 5.04. The molecule has 3 rings (SSSR count). The monoisotopic (exact) mass is 270 g/mol. The maximum absolute atomic E-state index is 12.0. The van der Waals surface area contributed by atoms with Gasteiger partial charge in [0.1, 0.15) is 0 Å². The predicted molar refractivity (Wildman–Crippen MR) is 57.6 cm³/mol. The van der Waals surface area contributed by atoms with Crippen LogP contribution in [0.5, 0.6) is 0 Å². The second-order valence-corrected chi connectivity index (χ2v) is 4.80. The number of halogens is 1. The second-order valence-electron chi connectivity index (χ2n) is 4.02. The van der Waals surface area contributed by atoms with Crippen molar-refractivity contribution in [2.75, 3.05) is 13.1 Å². The van der Waals surface area contributed by atoms with Crippen molar-refractivity contribution in [3.05, 3.63) is 22.6 Å². The largest absolute Gasteiger partial charge is 0.444 e. The van der Waals surface area contributed by atoms with Gasteiger partial charge in [-0.3, -0.25) is 4.79 Å². The van der Waals surface area contributed by atoms with Gasteiger partial charge < -0.3 is 14.6 Å². The SMILES string of the molecule is O=C(c1ccc(Br)o1)N1C2CNCC1C2. The van der Waals surface area contributed by atoms with Crippen LogP contribution in [-0.4, -0.2) is 36.0 Å². The van der Waals surface area contributed by atoms with Gasteiger partial charge in [-0.05, 0) is 34.5 Å². The van der Waals surface area contributed by atoms with Gasteiger partial charge in [0.25, 0.3) is 5.91 Å². The molecule has 1 N–H and O–H groups in total. The van der Waals surface area contributed by atoms with Crippen molar-refractivity contribution in [3.8, 4) is 0 Å². The van der Waals surface area contributed by atoms with E-state index in [1.807, 2.05) is 4.90 Å². The van der Waals surface area contributed by atoms with Crippen LogP contribution in [0, 0.1) is 0 Å². The molecule has 1 amide bonds. The summed E-state index contributed by atoms with van der Waals surface area (Å²) in [5.41, 5.74) is 0. The van der Waals surface area contributed by atoms with Crippen LogP contribution in [0.1, 0.15) is 17.0 Å². The highest BCUT2D eigenvalue weighted by atomic mass is 79.9. The normalized spacial score (nSPS) is 28.7. The highest BCUT2D eigenvalue weighted by Crippen LogP contribution is 2.30. The number of fused-ring (bicyclic) bond motifs is 2. The smallest absolute Gasteiger partial charge is 0.290 e. The summed E-state index contributed by atoms with van der Waals surface area (Å²) in [6.45, 7) is 1.81. The molecule has 0 spiro atoms. The minimum atomic E-state index is 0.0171. The Morgan fingerprint density at radius 2 is 2.20 bits per heavy atom. The number of rotatable bonds is 1. The van der Waals surface area contributed by atoms with E-state index in [2.05, 4.69) is 21.2 Å². The van der Waals surface area contributed by atoms with Crippen molar-refractivity contribution in [1.29, 1.82) is 0 Å². The molecule has 0 aromatic carbocycles. The summed E-state index contributed by atoms with van der Waals surface area (Å²) >= 11 is 3.20. The Balaban J connectivity index is 1.81. The van der Waals surface area contributed by atoms with E-state index in [0.29, 0.717) is 22.5 Å². The van der Waals surface area contributed by atoms with Gasteiger partial charge in [0.15, 0.2) is 10.4 Å². The van der Waals surface area contributed by atoms with Crippen LogP contribution in [0.4, 0.5) is 0 Å². The zero-order chi connectivity index (χ0) is 10.4. The Morgan fingerprint density at radius 3 is 2.73 bits per heavy atom. The number of furan rings is 1. The number of hydrogen-bond acceptors (Lipinski definition) is 3. The van der Waals surface area contributed by atoms with Crippen molar-refractivity contribution in [1.82, 2.24) is 10.2 Å². The fourth-order valence-electron chi connectivity index (χ4n) is 2.37. The van der Waals surface area contributed by atoms with E-state index in [9.17, 15) is 4.79 Å². The van der Waals surface area contributed by atoms with Crippen LogP contribution >= 0.6 is 15.9 Å². The lowest BCUT2D eigenvalue weighted by molar-refractivity contribution is -0.00471. The van der Waals surface area contributed by atoms with Crippen LogP contribution in [0.25, 0.3) is 0 Å². The van der Waals surface area contributed by atoms with E-state index in [1.54, 1.807) is 12.1 Å². The van der Waals surface area contributed by atoms with E-state index < -0.39 is 0 Å². The Labute approximate surface area is 95.7 Å². The molecule has 2 saturated heterocycles. The minimum Gasteiger partial charge on any atom is -0.444 e. The van der Waals surface area contributed by atoms with Gasteiger partial charge in [-0.2, -0.15) is 0 Å². The van der Waals surface area contributed by atoms with Crippen molar-refractivity contribution in [2.45, 2.75) is 18.5 Å². The van der Waals surface area contributed by atoms with Crippen molar-refractivity contribution < 1.29 is 9.21 Å². The number of amides is 1. The summed E-state index contributed by atoms with van der Waals surface area (Å²) in [6.07, 6.45) is 1.13. The van der Waals surface area contributed by atoms with Crippen LogP contribution in [0.3, 0.4) is 0 Å². The van der Waals surface area contributed by atoms with Gasteiger partial charge >= 0.3 is 0 Å². The van der Waals surface area contributed by atoms with Crippen LogP contribution < -0.4 is 5.32 Å². The molecule has 2 bridgehead atoms. The summed E-state index contributed by atoms with van der Waals surface area (Å²) in [6, 6.07) is 4.19. The van der Waals surface area contributed by atoms with Gasteiger partial charge in [-0.15, -0.1) is 0 Å². The summed E-state index contributed by atoms with van der Waals surface area (Å²) in [5, 5.41) is 3.29. The van der Waals surface area contributed by atoms with Gasteiger partial charge in [-0.25, -0.2) is 0 Å². The molecule has 0 aliphatic carbocycles. The molecule has 0 radical (unpaired) electrons. The van der Waals surface area contributed by atoms with Crippen LogP contribution in [0.2, 0.25) is 0 Å². The molecule has 1 aromatic heterocycles. The van der Waals surface area contributed by atoms with E-state index in [-0.39, 0.29) is 5.91 Å². The highest BCUT2D eigenvalue weighted by Gasteiger charge is 2.45. The van der Waals surface area contributed by atoms with Crippen LogP contribution in [-0.2, 0) is 0 Å². The zero-order valence-corrected chi connectivity index (χ0v) is 9.66. The van der Waals surface area contributed by atoms with Crippen molar-refractivity contribution >= 4 is 21.8 Å². The number of carbonyl (C=O) groups excluding carboxylic acids is 1. The second kappa shape index (κ2) is 3.35. The van der Waals surface area contributed by atoms with Crippen molar-refractivity contribution in [3.63, 3.8) is 0 Å². The summed E-state index contributed by atoms with van der Waals surface area (Å²) < 4.78 is 5.88. The lowest BCUT2D eigenvalue weighted by atomic mass is 9.88. The molecule has 2 fully saturated rings. The molecule has 2 aliphatic rings. The summed E-state index contributed by atoms with van der Waals surface area (Å²) in [7, 11) is 0. The Bertz CT molecular complexity index is 390. The minimum absolute atomic E-state index is 0.0171. The molecule has 2 atom stereocenters. The molecular weight excluding hydrogens is 260 g/mol. The predicted octanol–water partition coefficient (Wildman–Crippen LogP) is 1.23. The highest BCUT2D eigenvalue weighted by molar-refractivity contribution is 9.10. The Kier molecular flexibility index (Phi) is 2.10. The number of nitrogens with zero attached hydrogens (tertiary/aromatic N) is 1. The maximum Gasteiger partial charge on any atom is 0.290 e. The number of hydrogen-bond donors (Lipinski definition) is 1. The molecule has 2 unspecified atom stereocenters.